The number of carbonyl (C=O) groups excluding carboxylic acids is 1. The highest BCUT2D eigenvalue weighted by Crippen LogP contribution is 2.28. The van der Waals surface area contributed by atoms with Crippen LogP contribution in [0.15, 0.2) is 24.3 Å². The van der Waals surface area contributed by atoms with Crippen molar-refractivity contribution < 1.29 is 4.79 Å². The van der Waals surface area contributed by atoms with E-state index < -0.39 is 0 Å². The average Bonchev–Trinajstić information content (AvgIpc) is 2.38. The summed E-state index contributed by atoms with van der Waals surface area (Å²) >= 11 is 0. The number of nitrogens with zero attached hydrogens (tertiary/aromatic N) is 2. The van der Waals surface area contributed by atoms with Crippen molar-refractivity contribution in [3.8, 4) is 6.07 Å². The van der Waals surface area contributed by atoms with Crippen LogP contribution < -0.4 is 5.32 Å². The number of likely N-dealkylation sites (tertiary alicyclic amines) is 1. The molecule has 1 aliphatic rings. The van der Waals surface area contributed by atoms with Gasteiger partial charge in [0.05, 0.1) is 17.8 Å². The second kappa shape index (κ2) is 6.06. The smallest absolute Gasteiger partial charge is 0.238 e. The highest BCUT2D eigenvalue weighted by Gasteiger charge is 2.27. The molecule has 1 aromatic carbocycles. The molecule has 0 unspecified atom stereocenters. The molecular formula is C16H21N3O. The van der Waals surface area contributed by atoms with Crippen LogP contribution in [-0.2, 0) is 4.79 Å². The Kier molecular flexibility index (Phi) is 4.41. The second-order valence-electron chi connectivity index (χ2n) is 6.18. The van der Waals surface area contributed by atoms with Gasteiger partial charge in [0.15, 0.2) is 0 Å². The third kappa shape index (κ3) is 3.82. The molecular weight excluding hydrogens is 250 g/mol. The summed E-state index contributed by atoms with van der Waals surface area (Å²) in [7, 11) is 0. The zero-order chi connectivity index (χ0) is 14.6. The number of anilines is 1. The molecule has 0 aliphatic carbocycles. The molecule has 4 nitrogen and oxygen atoms in total. The van der Waals surface area contributed by atoms with Gasteiger partial charge in [0.1, 0.15) is 6.07 Å². The van der Waals surface area contributed by atoms with Crippen molar-refractivity contribution in [3.63, 3.8) is 0 Å². The van der Waals surface area contributed by atoms with Crippen molar-refractivity contribution in [3.05, 3.63) is 29.8 Å². The predicted molar refractivity (Wildman–Crippen MR) is 79.2 cm³/mol. The molecule has 20 heavy (non-hydrogen) atoms. The summed E-state index contributed by atoms with van der Waals surface area (Å²) in [6, 6.07) is 9.17. The first-order chi connectivity index (χ1) is 9.50. The molecule has 1 heterocycles. The molecule has 106 valence electrons. The number of carbonyl (C=O) groups is 1. The minimum atomic E-state index is -0.0506. The van der Waals surface area contributed by atoms with E-state index >= 15 is 0 Å². The van der Waals surface area contributed by atoms with Gasteiger partial charge in [-0.25, -0.2) is 0 Å². The number of para-hydroxylation sites is 1. The number of piperidine rings is 1. The second-order valence-corrected chi connectivity index (χ2v) is 6.18. The molecule has 1 amide bonds. The summed E-state index contributed by atoms with van der Waals surface area (Å²) in [5.74, 6) is -0.0506. The van der Waals surface area contributed by atoms with Gasteiger partial charge >= 0.3 is 0 Å². The van der Waals surface area contributed by atoms with Crippen molar-refractivity contribution in [1.82, 2.24) is 4.90 Å². The average molecular weight is 271 g/mol. The normalized spacial score (nSPS) is 18.2. The Labute approximate surface area is 120 Å². The Morgan fingerprint density at radius 3 is 2.90 bits per heavy atom. The molecule has 0 atom stereocenters. The lowest BCUT2D eigenvalue weighted by Gasteiger charge is -2.37. The lowest BCUT2D eigenvalue weighted by atomic mass is 9.84. The maximum Gasteiger partial charge on any atom is 0.238 e. The van der Waals surface area contributed by atoms with Gasteiger partial charge in [-0.3, -0.25) is 9.69 Å². The lowest BCUT2D eigenvalue weighted by molar-refractivity contribution is -0.118. The van der Waals surface area contributed by atoms with E-state index in [1.165, 1.54) is 6.42 Å². The fourth-order valence-corrected chi connectivity index (χ4v) is 2.76. The molecule has 1 N–H and O–H groups in total. The van der Waals surface area contributed by atoms with Crippen molar-refractivity contribution in [2.45, 2.75) is 26.7 Å². The zero-order valence-corrected chi connectivity index (χ0v) is 12.1. The van der Waals surface area contributed by atoms with E-state index in [-0.39, 0.29) is 11.3 Å². The number of hydrogen-bond acceptors (Lipinski definition) is 3. The minimum absolute atomic E-state index is 0.0506. The number of amides is 1. The number of hydrogen-bond donors (Lipinski definition) is 1. The van der Waals surface area contributed by atoms with Gasteiger partial charge in [-0.1, -0.05) is 26.0 Å². The molecule has 0 radical (unpaired) electrons. The first-order valence-electron chi connectivity index (χ1n) is 7.01. The van der Waals surface area contributed by atoms with Crippen LogP contribution in [0.3, 0.4) is 0 Å². The highest BCUT2D eigenvalue weighted by atomic mass is 16.2. The third-order valence-corrected chi connectivity index (χ3v) is 3.67. The zero-order valence-electron chi connectivity index (χ0n) is 12.1. The van der Waals surface area contributed by atoms with Gasteiger partial charge in [-0.05, 0) is 36.9 Å². The Morgan fingerprint density at radius 1 is 1.45 bits per heavy atom. The number of nitrogens with one attached hydrogen (secondary N) is 1. The summed E-state index contributed by atoms with van der Waals surface area (Å²) < 4.78 is 0. The Morgan fingerprint density at radius 2 is 2.20 bits per heavy atom. The molecule has 1 aromatic rings. The maximum atomic E-state index is 12.1. The molecule has 0 aromatic heterocycles. The van der Waals surface area contributed by atoms with Gasteiger partial charge in [-0.15, -0.1) is 0 Å². The largest absolute Gasteiger partial charge is 0.324 e. The van der Waals surface area contributed by atoms with Crippen LogP contribution >= 0.6 is 0 Å². The summed E-state index contributed by atoms with van der Waals surface area (Å²) in [5, 5.41) is 11.8. The van der Waals surface area contributed by atoms with E-state index in [9.17, 15) is 4.79 Å². The van der Waals surface area contributed by atoms with Crippen LogP contribution in [0.4, 0.5) is 5.69 Å². The maximum absolute atomic E-state index is 12.1. The minimum Gasteiger partial charge on any atom is -0.324 e. The molecule has 2 rings (SSSR count). The van der Waals surface area contributed by atoms with Crippen molar-refractivity contribution in [1.29, 1.82) is 5.26 Å². The van der Waals surface area contributed by atoms with Crippen LogP contribution in [0.5, 0.6) is 0 Å². The molecule has 1 aliphatic heterocycles. The van der Waals surface area contributed by atoms with Crippen molar-refractivity contribution >= 4 is 11.6 Å². The van der Waals surface area contributed by atoms with Crippen LogP contribution in [0.2, 0.25) is 0 Å². The Bertz CT molecular complexity index is 531. The van der Waals surface area contributed by atoms with Crippen molar-refractivity contribution in [2.75, 3.05) is 25.0 Å². The number of rotatable bonds is 3. The number of nitriles is 1. The SMILES string of the molecule is CC1(C)CCCN(CC(=O)Nc2ccccc2C#N)C1. The summed E-state index contributed by atoms with van der Waals surface area (Å²) in [6.45, 7) is 6.78. The summed E-state index contributed by atoms with van der Waals surface area (Å²) in [6.07, 6.45) is 2.34. The van der Waals surface area contributed by atoms with E-state index in [4.69, 9.17) is 5.26 Å². The predicted octanol–water partition coefficient (Wildman–Crippen LogP) is 2.62. The summed E-state index contributed by atoms with van der Waals surface area (Å²) in [4.78, 5) is 14.3. The van der Waals surface area contributed by atoms with E-state index in [2.05, 4.69) is 30.1 Å². The Hall–Kier alpha value is -1.86. The first kappa shape index (κ1) is 14.5. The van der Waals surface area contributed by atoms with Gasteiger partial charge in [-0.2, -0.15) is 5.26 Å². The van der Waals surface area contributed by atoms with E-state index in [1.807, 2.05) is 6.07 Å². The van der Waals surface area contributed by atoms with Gasteiger partial charge in [0.2, 0.25) is 5.91 Å². The quantitative estimate of drug-likeness (QED) is 0.919. The molecule has 0 bridgehead atoms. The van der Waals surface area contributed by atoms with Gasteiger partial charge in [0, 0.05) is 6.54 Å². The van der Waals surface area contributed by atoms with Crippen LogP contribution in [0.25, 0.3) is 0 Å². The van der Waals surface area contributed by atoms with E-state index in [0.29, 0.717) is 17.8 Å². The third-order valence-electron chi connectivity index (χ3n) is 3.67. The van der Waals surface area contributed by atoms with E-state index in [0.717, 1.165) is 19.5 Å². The standard InChI is InChI=1S/C16H21N3O/c1-16(2)8-5-9-19(12-16)11-15(20)18-14-7-4-3-6-13(14)10-17/h3-4,6-7H,5,8-9,11-12H2,1-2H3,(H,18,20). The topological polar surface area (TPSA) is 56.1 Å². The molecule has 4 heteroatoms. The molecule has 1 saturated heterocycles. The number of benzene rings is 1. The Balaban J connectivity index is 1.94. The highest BCUT2D eigenvalue weighted by molar-refractivity contribution is 5.93. The fraction of sp³-hybridized carbons (Fsp3) is 0.500. The lowest BCUT2D eigenvalue weighted by Crippen LogP contribution is -2.43. The molecule has 0 saturated carbocycles. The van der Waals surface area contributed by atoms with Crippen LogP contribution in [0, 0.1) is 16.7 Å². The molecule has 0 spiro atoms. The van der Waals surface area contributed by atoms with Crippen LogP contribution in [-0.4, -0.2) is 30.4 Å². The van der Waals surface area contributed by atoms with Gasteiger partial charge in [0.25, 0.3) is 0 Å². The fourth-order valence-electron chi connectivity index (χ4n) is 2.76. The monoisotopic (exact) mass is 271 g/mol. The van der Waals surface area contributed by atoms with Crippen molar-refractivity contribution in [2.24, 2.45) is 5.41 Å². The van der Waals surface area contributed by atoms with Crippen LogP contribution in [0.1, 0.15) is 32.3 Å². The molecule has 1 fully saturated rings. The summed E-state index contributed by atoms with van der Waals surface area (Å²) in [5.41, 5.74) is 1.37. The first-order valence-corrected chi connectivity index (χ1v) is 7.01. The van der Waals surface area contributed by atoms with Gasteiger partial charge < -0.3 is 5.32 Å². The van der Waals surface area contributed by atoms with E-state index in [1.54, 1.807) is 18.2 Å².